The maximum atomic E-state index is 12.6. The van der Waals surface area contributed by atoms with E-state index in [1.165, 1.54) is 11.5 Å². The maximum Gasteiger partial charge on any atom is 0.233 e. The topological polar surface area (TPSA) is 101 Å². The van der Waals surface area contributed by atoms with Crippen molar-refractivity contribution in [3.63, 3.8) is 0 Å². The van der Waals surface area contributed by atoms with Crippen LogP contribution in [0.4, 0.5) is 11.1 Å². The molecular formula is C13H22N6OS. The SMILES string of the molecule is NC[C@H]1CCC[C@H]1C(=O)N1CCN(c2nc(N)ns2)CC1. The van der Waals surface area contributed by atoms with Gasteiger partial charge in [-0.2, -0.15) is 9.36 Å². The van der Waals surface area contributed by atoms with Crippen LogP contribution in [0.25, 0.3) is 0 Å². The van der Waals surface area contributed by atoms with Gasteiger partial charge in [-0.05, 0) is 25.3 Å². The Morgan fingerprint density at radius 2 is 2.05 bits per heavy atom. The fourth-order valence-corrected chi connectivity index (χ4v) is 4.00. The molecule has 1 aliphatic carbocycles. The molecule has 2 aliphatic rings. The van der Waals surface area contributed by atoms with Gasteiger partial charge in [0.1, 0.15) is 0 Å². The van der Waals surface area contributed by atoms with Gasteiger partial charge in [0, 0.05) is 43.6 Å². The van der Waals surface area contributed by atoms with Gasteiger partial charge in [0.05, 0.1) is 0 Å². The van der Waals surface area contributed by atoms with Crippen LogP contribution in [0.15, 0.2) is 0 Å². The third kappa shape index (κ3) is 2.96. The Morgan fingerprint density at radius 1 is 1.29 bits per heavy atom. The molecule has 1 saturated carbocycles. The molecule has 7 nitrogen and oxygen atoms in total. The van der Waals surface area contributed by atoms with E-state index in [1.807, 2.05) is 4.90 Å². The smallest absolute Gasteiger partial charge is 0.233 e. The van der Waals surface area contributed by atoms with E-state index >= 15 is 0 Å². The minimum Gasteiger partial charge on any atom is -0.367 e. The molecule has 1 saturated heterocycles. The average Bonchev–Trinajstić information content (AvgIpc) is 3.15. The minimum atomic E-state index is 0.138. The molecule has 1 amide bonds. The molecule has 3 rings (SSSR count). The molecular weight excluding hydrogens is 288 g/mol. The first-order valence-corrected chi connectivity index (χ1v) is 8.29. The zero-order chi connectivity index (χ0) is 14.8. The largest absolute Gasteiger partial charge is 0.367 e. The van der Waals surface area contributed by atoms with E-state index < -0.39 is 0 Å². The normalized spacial score (nSPS) is 26.3. The first-order chi connectivity index (χ1) is 10.2. The molecule has 2 fully saturated rings. The van der Waals surface area contributed by atoms with Gasteiger partial charge in [0.15, 0.2) is 0 Å². The second-order valence-electron chi connectivity index (χ2n) is 5.78. The van der Waals surface area contributed by atoms with Crippen molar-refractivity contribution in [2.45, 2.75) is 19.3 Å². The zero-order valence-electron chi connectivity index (χ0n) is 12.1. The van der Waals surface area contributed by atoms with Crippen molar-refractivity contribution in [3.05, 3.63) is 0 Å². The van der Waals surface area contributed by atoms with Crippen LogP contribution < -0.4 is 16.4 Å². The molecule has 4 N–H and O–H groups in total. The lowest BCUT2D eigenvalue weighted by Crippen LogP contribution is -2.51. The van der Waals surface area contributed by atoms with Crippen molar-refractivity contribution in [1.29, 1.82) is 0 Å². The van der Waals surface area contributed by atoms with Gasteiger partial charge >= 0.3 is 0 Å². The first kappa shape index (κ1) is 14.5. The van der Waals surface area contributed by atoms with Crippen LogP contribution in [0.3, 0.4) is 0 Å². The number of nitrogen functional groups attached to an aromatic ring is 1. The molecule has 2 atom stereocenters. The molecule has 1 aliphatic heterocycles. The van der Waals surface area contributed by atoms with E-state index in [9.17, 15) is 4.79 Å². The second-order valence-corrected chi connectivity index (χ2v) is 6.51. The summed E-state index contributed by atoms with van der Waals surface area (Å²) < 4.78 is 4.00. The summed E-state index contributed by atoms with van der Waals surface area (Å²) in [5, 5.41) is 0.848. The van der Waals surface area contributed by atoms with E-state index in [0.29, 0.717) is 24.3 Å². The highest BCUT2D eigenvalue weighted by Crippen LogP contribution is 2.32. The molecule has 0 unspecified atom stereocenters. The zero-order valence-corrected chi connectivity index (χ0v) is 12.9. The number of nitrogens with zero attached hydrogens (tertiary/aromatic N) is 4. The highest BCUT2D eigenvalue weighted by molar-refractivity contribution is 7.09. The molecule has 116 valence electrons. The number of carbonyl (C=O) groups excluding carboxylic acids is 1. The minimum absolute atomic E-state index is 0.138. The van der Waals surface area contributed by atoms with Crippen molar-refractivity contribution >= 4 is 28.5 Å². The first-order valence-electron chi connectivity index (χ1n) is 7.52. The highest BCUT2D eigenvalue weighted by Gasteiger charge is 2.35. The summed E-state index contributed by atoms with van der Waals surface area (Å²) >= 11 is 1.31. The van der Waals surface area contributed by atoms with E-state index in [1.54, 1.807) is 0 Å². The third-order valence-electron chi connectivity index (χ3n) is 4.57. The van der Waals surface area contributed by atoms with Gasteiger partial charge in [-0.3, -0.25) is 4.79 Å². The quantitative estimate of drug-likeness (QED) is 0.824. The molecule has 0 radical (unpaired) electrons. The molecule has 2 heterocycles. The number of aromatic nitrogens is 2. The molecule has 8 heteroatoms. The Kier molecular flexibility index (Phi) is 4.25. The van der Waals surface area contributed by atoms with E-state index in [4.69, 9.17) is 11.5 Å². The molecule has 0 aromatic carbocycles. The Balaban J connectivity index is 1.57. The number of nitrogens with two attached hydrogens (primary N) is 2. The predicted octanol–water partition coefficient (Wildman–Crippen LogP) is 0.144. The predicted molar refractivity (Wildman–Crippen MR) is 83.0 cm³/mol. The number of piperazine rings is 1. The fraction of sp³-hybridized carbons (Fsp3) is 0.769. The lowest BCUT2D eigenvalue weighted by Gasteiger charge is -2.36. The summed E-state index contributed by atoms with van der Waals surface area (Å²) in [6.07, 6.45) is 3.22. The number of anilines is 2. The van der Waals surface area contributed by atoms with Gasteiger partial charge in [-0.25, -0.2) is 0 Å². The van der Waals surface area contributed by atoms with Crippen LogP contribution in [0.5, 0.6) is 0 Å². The summed E-state index contributed by atoms with van der Waals surface area (Å²) in [6.45, 7) is 3.69. The van der Waals surface area contributed by atoms with Crippen LogP contribution in [0, 0.1) is 11.8 Å². The van der Waals surface area contributed by atoms with Crippen LogP contribution >= 0.6 is 11.5 Å². The van der Waals surface area contributed by atoms with Crippen LogP contribution in [-0.4, -0.2) is 52.9 Å². The number of rotatable bonds is 3. The third-order valence-corrected chi connectivity index (χ3v) is 5.36. The summed E-state index contributed by atoms with van der Waals surface area (Å²) in [5.41, 5.74) is 11.3. The maximum absolute atomic E-state index is 12.6. The highest BCUT2D eigenvalue weighted by atomic mass is 32.1. The molecule has 0 spiro atoms. The van der Waals surface area contributed by atoms with Gasteiger partial charge in [0.25, 0.3) is 0 Å². The molecule has 21 heavy (non-hydrogen) atoms. The Morgan fingerprint density at radius 3 is 2.67 bits per heavy atom. The van der Waals surface area contributed by atoms with E-state index in [0.717, 1.165) is 50.6 Å². The number of carbonyl (C=O) groups is 1. The summed E-state index contributed by atoms with van der Waals surface area (Å²) in [5.74, 6) is 1.13. The van der Waals surface area contributed by atoms with Crippen LogP contribution in [0.1, 0.15) is 19.3 Å². The lowest BCUT2D eigenvalue weighted by atomic mass is 9.94. The summed E-state index contributed by atoms with van der Waals surface area (Å²) in [4.78, 5) is 21.0. The van der Waals surface area contributed by atoms with Crippen molar-refractivity contribution in [1.82, 2.24) is 14.3 Å². The van der Waals surface area contributed by atoms with Gasteiger partial charge in [0.2, 0.25) is 17.0 Å². The average molecular weight is 310 g/mol. The van der Waals surface area contributed by atoms with Crippen molar-refractivity contribution in [3.8, 4) is 0 Å². The Bertz CT molecular complexity index is 499. The summed E-state index contributed by atoms with van der Waals surface area (Å²) in [6, 6.07) is 0. The van der Waals surface area contributed by atoms with Crippen LogP contribution in [-0.2, 0) is 4.79 Å². The fourth-order valence-electron chi connectivity index (χ4n) is 3.35. The van der Waals surface area contributed by atoms with Gasteiger partial charge in [-0.15, -0.1) is 0 Å². The number of amides is 1. The molecule has 1 aromatic rings. The van der Waals surface area contributed by atoms with Crippen molar-refractivity contribution in [2.75, 3.05) is 43.4 Å². The second kappa shape index (κ2) is 6.15. The Labute approximate surface area is 128 Å². The molecule has 0 bridgehead atoms. The van der Waals surface area contributed by atoms with Gasteiger partial charge in [-0.1, -0.05) is 6.42 Å². The number of hydrogen-bond acceptors (Lipinski definition) is 7. The van der Waals surface area contributed by atoms with Gasteiger partial charge < -0.3 is 21.3 Å². The number of hydrogen-bond donors (Lipinski definition) is 2. The van der Waals surface area contributed by atoms with E-state index in [-0.39, 0.29) is 5.92 Å². The standard InChI is InChI=1S/C13H22N6OS/c14-8-9-2-1-3-10(9)11(20)18-4-6-19(7-5-18)13-16-12(15)17-21-13/h9-10H,1-8,14H2,(H2,15,17)/t9-,10-/m1/s1. The Hall–Kier alpha value is -1.41. The monoisotopic (exact) mass is 310 g/mol. The lowest BCUT2D eigenvalue weighted by molar-refractivity contribution is -0.136. The van der Waals surface area contributed by atoms with Crippen molar-refractivity contribution < 1.29 is 4.79 Å². The van der Waals surface area contributed by atoms with Crippen molar-refractivity contribution in [2.24, 2.45) is 17.6 Å². The van der Waals surface area contributed by atoms with E-state index in [2.05, 4.69) is 14.3 Å². The molecule has 1 aromatic heterocycles. The van der Waals surface area contributed by atoms with Crippen LogP contribution in [0.2, 0.25) is 0 Å². The summed E-state index contributed by atoms with van der Waals surface area (Å²) in [7, 11) is 0.